The minimum Gasteiger partial charge on any atom is -0.381 e. The van der Waals surface area contributed by atoms with Crippen LogP contribution in [0.5, 0.6) is 0 Å². The highest BCUT2D eigenvalue weighted by atomic mass is 32.2. The van der Waals surface area contributed by atoms with Crippen LogP contribution >= 0.6 is 0 Å². The molecule has 8 nitrogen and oxygen atoms in total. The summed E-state index contributed by atoms with van der Waals surface area (Å²) in [5, 5.41) is 0. The molecule has 3 aliphatic rings. The average Bonchev–Trinajstić information content (AvgIpc) is 3.36. The highest BCUT2D eigenvalue weighted by molar-refractivity contribution is 7.88. The molecule has 15 heteroatoms. The summed E-state index contributed by atoms with van der Waals surface area (Å²) < 4.78 is 113. The van der Waals surface area contributed by atoms with Crippen molar-refractivity contribution in [2.45, 2.75) is 89.9 Å². The third-order valence-corrected chi connectivity index (χ3v) is 9.74. The summed E-state index contributed by atoms with van der Waals surface area (Å²) in [6, 6.07) is 0.375. The molecule has 0 bridgehead atoms. The molecule has 1 saturated carbocycles. The van der Waals surface area contributed by atoms with Crippen LogP contribution in [0.4, 0.5) is 26.3 Å². The summed E-state index contributed by atoms with van der Waals surface area (Å²) >= 11 is 0. The van der Waals surface area contributed by atoms with E-state index >= 15 is 0 Å². The van der Waals surface area contributed by atoms with Crippen molar-refractivity contribution in [3.63, 3.8) is 0 Å². The van der Waals surface area contributed by atoms with Gasteiger partial charge in [0.2, 0.25) is 15.9 Å². The van der Waals surface area contributed by atoms with Crippen LogP contribution in [0, 0.1) is 11.3 Å². The van der Waals surface area contributed by atoms with Crippen molar-refractivity contribution < 1.29 is 49.1 Å². The van der Waals surface area contributed by atoms with Gasteiger partial charge in [-0.25, -0.2) is 13.1 Å². The summed E-state index contributed by atoms with van der Waals surface area (Å²) in [5.74, 6) is -2.62. The van der Waals surface area contributed by atoms with Gasteiger partial charge >= 0.3 is 18.3 Å². The van der Waals surface area contributed by atoms with Gasteiger partial charge in [-0.15, -0.1) is 0 Å². The maximum Gasteiger partial charge on any atom is 0.471 e. The fourth-order valence-corrected chi connectivity index (χ4v) is 7.22. The van der Waals surface area contributed by atoms with Gasteiger partial charge in [-0.1, -0.05) is 13.8 Å². The number of benzene rings is 1. The first kappa shape index (κ1) is 33.5. The van der Waals surface area contributed by atoms with Crippen LogP contribution in [-0.4, -0.2) is 74.3 Å². The number of hydrogen-bond acceptors (Lipinski definition) is 5. The smallest absolute Gasteiger partial charge is 0.381 e. The Morgan fingerprint density at radius 2 is 1.74 bits per heavy atom. The Labute approximate surface area is 247 Å². The molecule has 1 N–H and O–H groups in total. The summed E-state index contributed by atoms with van der Waals surface area (Å²) in [6.45, 7) is 3.68. The van der Waals surface area contributed by atoms with Crippen molar-refractivity contribution in [3.05, 3.63) is 34.4 Å². The van der Waals surface area contributed by atoms with Crippen molar-refractivity contribution in [1.29, 1.82) is 0 Å². The molecule has 1 saturated heterocycles. The number of rotatable bonds is 7. The van der Waals surface area contributed by atoms with E-state index in [-0.39, 0.29) is 94.3 Å². The zero-order valence-electron chi connectivity index (χ0n) is 24.3. The topological polar surface area (TPSA) is 96.0 Å². The molecule has 1 aromatic carbocycles. The van der Waals surface area contributed by atoms with Crippen molar-refractivity contribution in [2.24, 2.45) is 11.3 Å². The molecule has 1 aliphatic carbocycles. The Balaban J connectivity index is 1.63. The Hall–Kier alpha value is -2.39. The van der Waals surface area contributed by atoms with Gasteiger partial charge in [0, 0.05) is 44.9 Å². The number of ether oxygens (including phenoxy) is 1. The van der Waals surface area contributed by atoms with E-state index in [2.05, 4.69) is 4.72 Å². The maximum atomic E-state index is 14.2. The van der Waals surface area contributed by atoms with E-state index in [1.165, 1.54) is 4.90 Å². The second kappa shape index (κ2) is 12.2. The molecule has 0 aromatic heterocycles. The van der Waals surface area contributed by atoms with Gasteiger partial charge < -0.3 is 14.5 Å². The molecule has 2 heterocycles. The van der Waals surface area contributed by atoms with Crippen LogP contribution in [-0.2, 0) is 50.0 Å². The SMILES string of the molecule is CC(C)[C@]1(C(=O)N2CCc3c(CNS(C)(=O)=O)cc(C(F)(F)F)cc3C2)CC[C@@H](N(C(=O)C(F)(F)F)C2CCOCC2)C1. The molecule has 0 spiro atoms. The van der Waals surface area contributed by atoms with E-state index in [4.69, 9.17) is 4.74 Å². The molecule has 2 atom stereocenters. The zero-order chi connectivity index (χ0) is 32.0. The predicted octanol–water partition coefficient (Wildman–Crippen LogP) is 4.40. The molecule has 0 unspecified atom stereocenters. The third-order valence-electron chi connectivity index (χ3n) is 9.08. The van der Waals surface area contributed by atoms with Crippen LogP contribution in [0.2, 0.25) is 0 Å². The van der Waals surface area contributed by atoms with Gasteiger partial charge in [0.1, 0.15) is 0 Å². The lowest BCUT2D eigenvalue weighted by Gasteiger charge is -2.42. The monoisotopic (exact) mass is 641 g/mol. The molecule has 0 radical (unpaired) electrons. The molecule has 4 rings (SSSR count). The van der Waals surface area contributed by atoms with E-state index in [0.29, 0.717) is 5.56 Å². The summed E-state index contributed by atoms with van der Waals surface area (Å²) in [6.07, 6.45) is -7.78. The first-order valence-corrected chi connectivity index (χ1v) is 16.2. The second-order valence-corrected chi connectivity index (χ2v) is 13.9. The first-order valence-electron chi connectivity index (χ1n) is 14.3. The molecule has 2 fully saturated rings. The fourth-order valence-electron chi connectivity index (χ4n) is 6.80. The highest BCUT2D eigenvalue weighted by Crippen LogP contribution is 2.49. The summed E-state index contributed by atoms with van der Waals surface area (Å²) in [7, 11) is -3.69. The fraction of sp³-hybridized carbons (Fsp3) is 0.714. The number of carbonyl (C=O) groups is 2. The number of nitrogens with zero attached hydrogens (tertiary/aromatic N) is 2. The normalized spacial score (nSPS) is 23.9. The number of fused-ring (bicyclic) bond motifs is 1. The number of nitrogens with one attached hydrogen (secondary N) is 1. The molecular formula is C28H37F6N3O5S. The van der Waals surface area contributed by atoms with E-state index in [1.807, 2.05) is 0 Å². The molecule has 242 valence electrons. The largest absolute Gasteiger partial charge is 0.471 e. The Kier molecular flexibility index (Phi) is 9.49. The Bertz CT molecular complexity index is 1330. The van der Waals surface area contributed by atoms with E-state index in [9.17, 15) is 44.3 Å². The van der Waals surface area contributed by atoms with Crippen molar-refractivity contribution >= 4 is 21.8 Å². The van der Waals surface area contributed by atoms with Gasteiger partial charge in [-0.2, -0.15) is 26.3 Å². The second-order valence-electron chi connectivity index (χ2n) is 12.1. The van der Waals surface area contributed by atoms with Crippen molar-refractivity contribution in [3.8, 4) is 0 Å². The molecule has 2 aliphatic heterocycles. The predicted molar refractivity (Wildman–Crippen MR) is 144 cm³/mol. The van der Waals surface area contributed by atoms with Crippen LogP contribution in [0.25, 0.3) is 0 Å². The number of hydrogen-bond donors (Lipinski definition) is 1. The van der Waals surface area contributed by atoms with Crippen LogP contribution < -0.4 is 4.72 Å². The van der Waals surface area contributed by atoms with Crippen LogP contribution in [0.15, 0.2) is 12.1 Å². The quantitative estimate of drug-likeness (QED) is 0.446. The minimum atomic E-state index is -5.08. The lowest BCUT2D eigenvalue weighted by atomic mass is 9.73. The van der Waals surface area contributed by atoms with Gasteiger partial charge in [0.15, 0.2) is 0 Å². The zero-order valence-corrected chi connectivity index (χ0v) is 25.1. The van der Waals surface area contributed by atoms with Gasteiger partial charge in [0.25, 0.3) is 0 Å². The summed E-state index contributed by atoms with van der Waals surface area (Å²) in [4.78, 5) is 29.2. The maximum absolute atomic E-state index is 14.2. The Morgan fingerprint density at radius 3 is 2.30 bits per heavy atom. The lowest BCUT2D eigenvalue weighted by molar-refractivity contribution is -0.192. The molecule has 2 amide bonds. The highest BCUT2D eigenvalue weighted by Gasteiger charge is 2.55. The molecule has 1 aromatic rings. The third kappa shape index (κ3) is 7.30. The van der Waals surface area contributed by atoms with Gasteiger partial charge in [-0.05, 0) is 73.3 Å². The van der Waals surface area contributed by atoms with Crippen LogP contribution in [0.3, 0.4) is 0 Å². The number of sulfonamides is 1. The average molecular weight is 642 g/mol. The summed E-state index contributed by atoms with van der Waals surface area (Å²) in [5.41, 5.74) is -1.15. The lowest BCUT2D eigenvalue weighted by Crippen LogP contribution is -2.54. The number of halogens is 6. The van der Waals surface area contributed by atoms with Crippen LogP contribution in [0.1, 0.15) is 68.2 Å². The van der Waals surface area contributed by atoms with Crippen molar-refractivity contribution in [2.75, 3.05) is 26.0 Å². The minimum absolute atomic E-state index is 0.0121. The van der Waals surface area contributed by atoms with E-state index in [1.54, 1.807) is 13.8 Å². The number of alkyl halides is 6. The van der Waals surface area contributed by atoms with E-state index in [0.717, 1.165) is 23.3 Å². The van der Waals surface area contributed by atoms with Gasteiger partial charge in [-0.3, -0.25) is 9.59 Å². The molecular weight excluding hydrogens is 604 g/mol. The van der Waals surface area contributed by atoms with Gasteiger partial charge in [0.05, 0.1) is 17.2 Å². The Morgan fingerprint density at radius 1 is 1.09 bits per heavy atom. The number of amides is 2. The standard InChI is InChI=1S/C28H37F6N3O5S/c1-17(2)26(8-4-22(14-26)37(25(39)28(32,33)34)21-6-10-42-11-7-21)24(38)36-9-5-23-18(15-35-43(3,40)41)12-20(27(29,30)31)13-19(23)16-36/h12-13,17,21-22,35H,4-11,14-16H2,1-3H3/t22-,26+/m1/s1. The first-order chi connectivity index (χ1) is 19.8. The van der Waals surface area contributed by atoms with Crippen molar-refractivity contribution in [1.82, 2.24) is 14.5 Å². The van der Waals surface area contributed by atoms with E-state index < -0.39 is 51.3 Å². The number of carbonyl (C=O) groups excluding carboxylic acids is 2. The molecule has 43 heavy (non-hydrogen) atoms.